The van der Waals surface area contributed by atoms with E-state index >= 15 is 0 Å². The van der Waals surface area contributed by atoms with Crippen molar-refractivity contribution in [2.24, 2.45) is 0 Å². The van der Waals surface area contributed by atoms with Crippen LogP contribution in [0.1, 0.15) is 46.1 Å². The zero-order valence-electron chi connectivity index (χ0n) is 16.8. The van der Waals surface area contributed by atoms with E-state index < -0.39 is 0 Å². The van der Waals surface area contributed by atoms with Crippen LogP contribution in [0.3, 0.4) is 0 Å². The molecule has 1 aromatic carbocycles. The fourth-order valence-corrected chi connectivity index (χ4v) is 5.33. The maximum Gasteiger partial charge on any atom is 0.341 e. The fourth-order valence-electron chi connectivity index (χ4n) is 3.29. The molecule has 6 nitrogen and oxygen atoms in total. The summed E-state index contributed by atoms with van der Waals surface area (Å²) in [6, 6.07) is 5.56. The minimum Gasteiger partial charge on any atom is -0.483 e. The van der Waals surface area contributed by atoms with Gasteiger partial charge in [0.15, 0.2) is 11.7 Å². The van der Waals surface area contributed by atoms with Crippen LogP contribution in [0.5, 0.6) is 5.75 Å². The Hall–Kier alpha value is -1.97. The molecule has 30 heavy (non-hydrogen) atoms. The molecule has 2 N–H and O–H groups in total. The number of anilines is 1. The topological polar surface area (TPSA) is 76.7 Å². The second kappa shape index (κ2) is 10.4. The number of halogens is 1. The molecule has 1 heterocycles. The van der Waals surface area contributed by atoms with Crippen LogP contribution < -0.4 is 15.4 Å². The summed E-state index contributed by atoms with van der Waals surface area (Å²) in [5.41, 5.74) is 2.49. The molecule has 0 saturated carbocycles. The Labute approximate surface area is 193 Å². The lowest BCUT2D eigenvalue weighted by molar-refractivity contribution is -0.121. The number of carbonyl (C=O) groups is 2. The average molecular weight is 511 g/mol. The smallest absolute Gasteiger partial charge is 0.341 e. The van der Waals surface area contributed by atoms with Crippen LogP contribution in [0.15, 0.2) is 22.7 Å². The molecule has 3 rings (SSSR count). The molecule has 1 aromatic heterocycles. The van der Waals surface area contributed by atoms with E-state index in [1.54, 1.807) is 13.0 Å². The van der Waals surface area contributed by atoms with Crippen molar-refractivity contribution in [3.63, 3.8) is 0 Å². The van der Waals surface area contributed by atoms with Crippen molar-refractivity contribution in [1.82, 2.24) is 5.32 Å². The van der Waals surface area contributed by atoms with Crippen molar-refractivity contribution in [3.05, 3.63) is 44.2 Å². The van der Waals surface area contributed by atoms with Crippen molar-refractivity contribution in [3.8, 4) is 5.75 Å². The van der Waals surface area contributed by atoms with Crippen LogP contribution in [0, 0.1) is 6.92 Å². The molecule has 9 heteroatoms. The van der Waals surface area contributed by atoms with E-state index in [1.165, 1.54) is 16.2 Å². The van der Waals surface area contributed by atoms with Gasteiger partial charge in [0, 0.05) is 9.35 Å². The first kappa shape index (κ1) is 22.7. The molecule has 0 unspecified atom stereocenters. The van der Waals surface area contributed by atoms with Gasteiger partial charge in [-0.3, -0.25) is 10.1 Å². The zero-order valence-corrected chi connectivity index (χ0v) is 20.0. The van der Waals surface area contributed by atoms with Gasteiger partial charge in [-0.2, -0.15) is 0 Å². The summed E-state index contributed by atoms with van der Waals surface area (Å²) in [6.45, 7) is 3.81. The van der Waals surface area contributed by atoms with Gasteiger partial charge in [-0.15, -0.1) is 11.3 Å². The molecule has 0 saturated heterocycles. The van der Waals surface area contributed by atoms with E-state index in [0.29, 0.717) is 22.9 Å². The lowest BCUT2D eigenvalue weighted by Crippen LogP contribution is -2.37. The van der Waals surface area contributed by atoms with Crippen molar-refractivity contribution in [2.45, 2.75) is 39.5 Å². The highest BCUT2D eigenvalue weighted by molar-refractivity contribution is 9.10. The van der Waals surface area contributed by atoms with Gasteiger partial charge in [0.2, 0.25) is 0 Å². The number of fused-ring (bicyclic) bond motifs is 1. The van der Waals surface area contributed by atoms with Gasteiger partial charge < -0.3 is 14.8 Å². The number of thiocarbonyl (C=S) groups is 1. The standard InChI is InChI=1S/C21H23BrN2O4S2/c1-3-27-20(26)18-14-6-4-5-7-16(14)30-19(18)24-21(29)23-17(25)11-28-15-9-8-13(22)10-12(15)2/h8-10H,3-7,11H2,1-2H3,(H2,23,24,25,29). The third-order valence-corrected chi connectivity index (χ3v) is 6.53. The molecule has 0 spiro atoms. The molecule has 0 fully saturated rings. The number of benzene rings is 1. The van der Waals surface area contributed by atoms with Crippen LogP contribution in [0.2, 0.25) is 0 Å². The van der Waals surface area contributed by atoms with Crippen molar-refractivity contribution in [2.75, 3.05) is 18.5 Å². The summed E-state index contributed by atoms with van der Waals surface area (Å²) in [6.07, 6.45) is 3.93. The second-order valence-electron chi connectivity index (χ2n) is 6.84. The highest BCUT2D eigenvalue weighted by atomic mass is 79.9. The number of amides is 1. The van der Waals surface area contributed by atoms with E-state index in [-0.39, 0.29) is 23.6 Å². The second-order valence-corrected chi connectivity index (χ2v) is 9.27. The van der Waals surface area contributed by atoms with E-state index in [2.05, 4.69) is 26.6 Å². The van der Waals surface area contributed by atoms with Gasteiger partial charge in [-0.1, -0.05) is 15.9 Å². The number of hydrogen-bond donors (Lipinski definition) is 2. The first-order valence-electron chi connectivity index (χ1n) is 9.70. The van der Waals surface area contributed by atoms with E-state index in [4.69, 9.17) is 21.7 Å². The van der Waals surface area contributed by atoms with E-state index in [1.807, 2.05) is 19.1 Å². The summed E-state index contributed by atoms with van der Waals surface area (Å²) < 4.78 is 11.8. The summed E-state index contributed by atoms with van der Waals surface area (Å²) in [5, 5.41) is 6.37. The lowest BCUT2D eigenvalue weighted by atomic mass is 9.95. The molecular formula is C21H23BrN2O4S2. The number of carbonyl (C=O) groups excluding carboxylic acids is 2. The van der Waals surface area contributed by atoms with Gasteiger partial charge in [0.1, 0.15) is 10.8 Å². The Morgan fingerprint density at radius 2 is 2.03 bits per heavy atom. The Morgan fingerprint density at radius 3 is 2.77 bits per heavy atom. The molecular weight excluding hydrogens is 488 g/mol. The zero-order chi connectivity index (χ0) is 21.7. The van der Waals surface area contributed by atoms with Crippen molar-refractivity contribution >= 4 is 61.5 Å². The predicted octanol–water partition coefficient (Wildman–Crippen LogP) is 4.77. The number of ether oxygens (including phenoxy) is 2. The Kier molecular flexibility index (Phi) is 7.85. The van der Waals surface area contributed by atoms with Crippen LogP contribution in [0.25, 0.3) is 0 Å². The van der Waals surface area contributed by atoms with Crippen molar-refractivity contribution in [1.29, 1.82) is 0 Å². The first-order valence-corrected chi connectivity index (χ1v) is 11.7. The summed E-state index contributed by atoms with van der Waals surface area (Å²) in [5.74, 6) is -0.112. The summed E-state index contributed by atoms with van der Waals surface area (Å²) >= 11 is 10.2. The molecule has 0 bridgehead atoms. The number of rotatable bonds is 6. The molecule has 0 radical (unpaired) electrons. The van der Waals surface area contributed by atoms with Crippen molar-refractivity contribution < 1.29 is 19.1 Å². The quantitative estimate of drug-likeness (QED) is 0.430. The molecule has 0 aliphatic heterocycles. The molecule has 0 atom stereocenters. The minimum absolute atomic E-state index is 0.125. The largest absolute Gasteiger partial charge is 0.483 e. The van der Waals surface area contributed by atoms with Gasteiger partial charge in [0.25, 0.3) is 5.91 Å². The highest BCUT2D eigenvalue weighted by Gasteiger charge is 2.27. The number of aryl methyl sites for hydroxylation is 2. The predicted molar refractivity (Wildman–Crippen MR) is 126 cm³/mol. The monoisotopic (exact) mass is 510 g/mol. The van der Waals surface area contributed by atoms with Crippen LogP contribution in [-0.4, -0.2) is 30.2 Å². The Balaban J connectivity index is 1.63. The molecule has 1 aliphatic carbocycles. The van der Waals surface area contributed by atoms with Gasteiger partial charge in [0.05, 0.1) is 12.2 Å². The van der Waals surface area contributed by atoms with Crippen LogP contribution in [0.4, 0.5) is 5.00 Å². The Bertz CT molecular complexity index is 974. The maximum atomic E-state index is 12.5. The molecule has 1 aliphatic rings. The average Bonchev–Trinajstić information content (AvgIpc) is 3.05. The number of nitrogens with one attached hydrogen (secondary N) is 2. The molecule has 160 valence electrons. The fraction of sp³-hybridized carbons (Fsp3) is 0.381. The van der Waals surface area contributed by atoms with Gasteiger partial charge in [-0.25, -0.2) is 4.79 Å². The molecule has 2 aromatic rings. The van der Waals surface area contributed by atoms with Crippen LogP contribution >= 0.6 is 39.5 Å². The maximum absolute atomic E-state index is 12.5. The number of thiophene rings is 1. The van der Waals surface area contributed by atoms with Gasteiger partial charge >= 0.3 is 5.97 Å². The third-order valence-electron chi connectivity index (χ3n) is 4.63. The summed E-state index contributed by atoms with van der Waals surface area (Å²) in [4.78, 5) is 25.9. The minimum atomic E-state index is -0.381. The van der Waals surface area contributed by atoms with E-state index in [0.717, 1.165) is 41.3 Å². The van der Waals surface area contributed by atoms with Gasteiger partial charge in [-0.05, 0) is 81.1 Å². The van der Waals surface area contributed by atoms with E-state index in [9.17, 15) is 9.59 Å². The highest BCUT2D eigenvalue weighted by Crippen LogP contribution is 2.38. The lowest BCUT2D eigenvalue weighted by Gasteiger charge is -2.13. The Morgan fingerprint density at radius 1 is 1.27 bits per heavy atom. The molecule has 1 amide bonds. The number of hydrogen-bond acceptors (Lipinski definition) is 6. The summed E-state index contributed by atoms with van der Waals surface area (Å²) in [7, 11) is 0. The third kappa shape index (κ3) is 5.59. The normalized spacial score (nSPS) is 12.6. The SMILES string of the molecule is CCOC(=O)c1c(NC(=S)NC(=O)COc2ccc(Br)cc2C)sc2c1CCCC2. The van der Waals surface area contributed by atoms with Crippen LogP contribution in [-0.2, 0) is 22.4 Å². The first-order chi connectivity index (χ1) is 14.4. The number of esters is 1.